The molecule has 2 aromatic rings. The quantitative estimate of drug-likeness (QED) is 0.925. The molecule has 0 saturated carbocycles. The molecule has 0 atom stereocenters. The van der Waals surface area contributed by atoms with Crippen LogP contribution >= 0.6 is 11.6 Å². The van der Waals surface area contributed by atoms with E-state index in [0.29, 0.717) is 22.1 Å². The number of halogens is 1. The molecule has 4 nitrogen and oxygen atoms in total. The fraction of sp³-hybridized carbons (Fsp3) is 0.133. The van der Waals surface area contributed by atoms with Crippen LogP contribution in [0.4, 0.5) is 11.4 Å². The fourth-order valence-corrected chi connectivity index (χ4v) is 1.97. The van der Waals surface area contributed by atoms with Gasteiger partial charge in [0.25, 0.3) is 0 Å². The second kappa shape index (κ2) is 6.18. The molecule has 20 heavy (non-hydrogen) atoms. The van der Waals surface area contributed by atoms with Crippen LogP contribution in [-0.4, -0.2) is 14.2 Å². The zero-order valence-corrected chi connectivity index (χ0v) is 11.9. The summed E-state index contributed by atoms with van der Waals surface area (Å²) in [6, 6.07) is 12.6. The van der Waals surface area contributed by atoms with Gasteiger partial charge in [0.2, 0.25) is 0 Å². The molecular weight excluding hydrogens is 276 g/mol. The molecule has 0 saturated heterocycles. The maximum Gasteiger partial charge on any atom is 0.144 e. The summed E-state index contributed by atoms with van der Waals surface area (Å²) in [5, 5.41) is 12.5. The third-order valence-corrected chi connectivity index (χ3v) is 3.06. The van der Waals surface area contributed by atoms with Gasteiger partial charge in [0, 0.05) is 17.8 Å². The predicted octanol–water partition coefficient (Wildman–Crippen LogP) is 3.97. The fourth-order valence-electron chi connectivity index (χ4n) is 1.74. The van der Waals surface area contributed by atoms with Crippen molar-refractivity contribution in [2.75, 3.05) is 19.5 Å². The van der Waals surface area contributed by atoms with Crippen LogP contribution in [0.3, 0.4) is 0 Å². The van der Waals surface area contributed by atoms with Crippen LogP contribution in [0.15, 0.2) is 36.4 Å². The number of nitriles is 1. The Morgan fingerprint density at radius 1 is 1.05 bits per heavy atom. The first-order chi connectivity index (χ1) is 9.67. The molecule has 0 aliphatic carbocycles. The summed E-state index contributed by atoms with van der Waals surface area (Å²) in [6.07, 6.45) is 0. The molecule has 0 amide bonds. The summed E-state index contributed by atoms with van der Waals surface area (Å²) in [4.78, 5) is 0. The Hall–Kier alpha value is -2.38. The second-order valence-electron chi connectivity index (χ2n) is 4.00. The molecule has 0 aliphatic rings. The largest absolute Gasteiger partial charge is 0.495 e. The van der Waals surface area contributed by atoms with Gasteiger partial charge in [-0.25, -0.2) is 0 Å². The highest BCUT2D eigenvalue weighted by Gasteiger charge is 2.10. The first-order valence-corrected chi connectivity index (χ1v) is 6.24. The normalized spacial score (nSPS) is 9.70. The van der Waals surface area contributed by atoms with Gasteiger partial charge in [0.1, 0.15) is 11.5 Å². The molecule has 2 aromatic carbocycles. The average Bonchev–Trinajstić information content (AvgIpc) is 2.49. The summed E-state index contributed by atoms with van der Waals surface area (Å²) in [5.41, 5.74) is 2.18. The number of anilines is 2. The summed E-state index contributed by atoms with van der Waals surface area (Å²) in [7, 11) is 3.13. The van der Waals surface area contributed by atoms with E-state index < -0.39 is 0 Å². The summed E-state index contributed by atoms with van der Waals surface area (Å²) < 4.78 is 10.5. The number of methoxy groups -OCH3 is 2. The van der Waals surface area contributed by atoms with E-state index in [0.717, 1.165) is 11.4 Å². The number of nitrogens with zero attached hydrogens (tertiary/aromatic N) is 1. The Balaban J connectivity index is 2.33. The van der Waals surface area contributed by atoms with Gasteiger partial charge in [-0.15, -0.1) is 0 Å². The monoisotopic (exact) mass is 288 g/mol. The Morgan fingerprint density at radius 3 is 2.25 bits per heavy atom. The van der Waals surface area contributed by atoms with Gasteiger partial charge in [-0.2, -0.15) is 5.26 Å². The molecule has 2 rings (SSSR count). The van der Waals surface area contributed by atoms with Gasteiger partial charge in [-0.1, -0.05) is 11.6 Å². The molecular formula is C15H13ClN2O2. The number of hydrogen-bond acceptors (Lipinski definition) is 4. The highest BCUT2D eigenvalue weighted by Crippen LogP contribution is 2.37. The van der Waals surface area contributed by atoms with E-state index in [9.17, 15) is 0 Å². The lowest BCUT2D eigenvalue weighted by atomic mass is 10.2. The Labute approximate surface area is 122 Å². The van der Waals surface area contributed by atoms with Gasteiger partial charge in [0.15, 0.2) is 0 Å². The number of rotatable bonds is 4. The van der Waals surface area contributed by atoms with E-state index >= 15 is 0 Å². The van der Waals surface area contributed by atoms with Gasteiger partial charge in [-0.05, 0) is 24.3 Å². The van der Waals surface area contributed by atoms with Crippen molar-refractivity contribution in [1.82, 2.24) is 0 Å². The highest BCUT2D eigenvalue weighted by molar-refractivity contribution is 6.32. The van der Waals surface area contributed by atoms with E-state index in [1.54, 1.807) is 38.5 Å². The smallest absolute Gasteiger partial charge is 0.144 e. The van der Waals surface area contributed by atoms with Gasteiger partial charge < -0.3 is 14.8 Å². The Morgan fingerprint density at radius 2 is 1.70 bits per heavy atom. The van der Waals surface area contributed by atoms with Crippen molar-refractivity contribution in [1.29, 1.82) is 5.26 Å². The summed E-state index contributed by atoms with van der Waals surface area (Å²) in [6.45, 7) is 0. The Kier molecular flexibility index (Phi) is 4.34. The van der Waals surface area contributed by atoms with E-state index in [4.69, 9.17) is 26.3 Å². The molecule has 1 N–H and O–H groups in total. The number of ether oxygens (including phenoxy) is 2. The van der Waals surface area contributed by atoms with Crippen LogP contribution in [0, 0.1) is 11.3 Å². The summed E-state index contributed by atoms with van der Waals surface area (Å²) >= 11 is 6.05. The molecule has 102 valence electrons. The number of benzene rings is 2. The van der Waals surface area contributed by atoms with Gasteiger partial charge in [-0.3, -0.25) is 0 Å². The first-order valence-electron chi connectivity index (χ1n) is 5.86. The van der Waals surface area contributed by atoms with Crippen molar-refractivity contribution in [2.24, 2.45) is 0 Å². The molecule has 0 radical (unpaired) electrons. The SMILES string of the molecule is COc1cc(Nc2ccc(C#N)cc2)c(OC)cc1Cl. The van der Waals surface area contributed by atoms with Crippen molar-refractivity contribution in [2.45, 2.75) is 0 Å². The standard InChI is InChI=1S/C15H13ClN2O2/c1-19-14-8-13(15(20-2)7-12(14)16)18-11-5-3-10(9-17)4-6-11/h3-8,18H,1-2H3. The molecule has 0 bridgehead atoms. The highest BCUT2D eigenvalue weighted by atomic mass is 35.5. The average molecular weight is 289 g/mol. The molecule has 0 spiro atoms. The molecule has 0 aliphatic heterocycles. The number of nitrogens with one attached hydrogen (secondary N) is 1. The third-order valence-electron chi connectivity index (χ3n) is 2.77. The van der Waals surface area contributed by atoms with Crippen LogP contribution in [0.25, 0.3) is 0 Å². The number of hydrogen-bond donors (Lipinski definition) is 1. The predicted molar refractivity (Wildman–Crippen MR) is 79.0 cm³/mol. The van der Waals surface area contributed by atoms with E-state index in [2.05, 4.69) is 11.4 Å². The maximum atomic E-state index is 8.78. The minimum atomic E-state index is 0.481. The van der Waals surface area contributed by atoms with Crippen LogP contribution in [0.2, 0.25) is 5.02 Å². The maximum absolute atomic E-state index is 8.78. The lowest BCUT2D eigenvalue weighted by Crippen LogP contribution is -1.96. The topological polar surface area (TPSA) is 54.3 Å². The lowest BCUT2D eigenvalue weighted by molar-refractivity contribution is 0.405. The second-order valence-corrected chi connectivity index (χ2v) is 4.41. The first kappa shape index (κ1) is 14.0. The van der Waals surface area contributed by atoms with Crippen molar-refractivity contribution < 1.29 is 9.47 Å². The zero-order valence-electron chi connectivity index (χ0n) is 11.1. The van der Waals surface area contributed by atoms with E-state index in [1.807, 2.05) is 12.1 Å². The van der Waals surface area contributed by atoms with Crippen molar-refractivity contribution >= 4 is 23.0 Å². The summed E-state index contributed by atoms with van der Waals surface area (Å²) in [5.74, 6) is 1.17. The van der Waals surface area contributed by atoms with E-state index in [-0.39, 0.29) is 0 Å². The van der Waals surface area contributed by atoms with Crippen LogP contribution in [0.1, 0.15) is 5.56 Å². The van der Waals surface area contributed by atoms with Crippen LogP contribution in [0.5, 0.6) is 11.5 Å². The minimum absolute atomic E-state index is 0.481. The van der Waals surface area contributed by atoms with Crippen molar-refractivity contribution in [3.8, 4) is 17.6 Å². The Bertz CT molecular complexity index is 648. The van der Waals surface area contributed by atoms with Gasteiger partial charge in [0.05, 0.1) is 36.6 Å². The molecule has 0 fully saturated rings. The van der Waals surface area contributed by atoms with Gasteiger partial charge >= 0.3 is 0 Å². The van der Waals surface area contributed by atoms with E-state index in [1.165, 1.54) is 0 Å². The third kappa shape index (κ3) is 2.95. The van der Waals surface area contributed by atoms with Crippen molar-refractivity contribution in [3.05, 3.63) is 47.0 Å². The molecule has 0 unspecified atom stereocenters. The minimum Gasteiger partial charge on any atom is -0.495 e. The van der Waals surface area contributed by atoms with Crippen LogP contribution < -0.4 is 14.8 Å². The molecule has 5 heteroatoms. The van der Waals surface area contributed by atoms with Crippen LogP contribution in [-0.2, 0) is 0 Å². The van der Waals surface area contributed by atoms with Crippen molar-refractivity contribution in [3.63, 3.8) is 0 Å². The lowest BCUT2D eigenvalue weighted by Gasteiger charge is -2.14. The molecule has 0 aromatic heterocycles. The zero-order chi connectivity index (χ0) is 14.5. The molecule has 0 heterocycles.